The maximum absolute atomic E-state index is 14.1. The molecule has 0 bridgehead atoms. The summed E-state index contributed by atoms with van der Waals surface area (Å²) >= 11 is 15.2. The summed E-state index contributed by atoms with van der Waals surface area (Å²) < 4.78 is 214. The molecule has 0 N–H and O–H groups in total. The largest absolute Gasteiger partial charge is 0.426 e. The zero-order valence-electron chi connectivity index (χ0n) is 12.9. The molecule has 0 saturated carbocycles. The molecular weight excluding hydrogens is 596 g/mol. The third-order valence-corrected chi connectivity index (χ3v) is 7.06. The molecule has 186 valence electrons. The Kier molecular flexibility index (Phi) is 6.41. The molecule has 0 aromatic rings. The van der Waals surface area contributed by atoms with E-state index in [9.17, 15) is 69.9 Å². The lowest BCUT2D eigenvalue weighted by atomic mass is 9.92. The van der Waals surface area contributed by atoms with Gasteiger partial charge in [0, 0.05) is 0 Å². The van der Waals surface area contributed by atoms with Gasteiger partial charge in [0.2, 0.25) is 0 Å². The standard InChI is InChI=1S/C9Cl4F14O3S/c10-1(14,5(19,20)3(12,16)8(13,24)25)4(17,18)2(11,15)6(21,22)7(23)9(26,27)30-31(7,28)29. The van der Waals surface area contributed by atoms with Crippen molar-refractivity contribution in [2.24, 2.45) is 0 Å². The summed E-state index contributed by atoms with van der Waals surface area (Å²) in [5, 5.41) is -34.4. The Morgan fingerprint density at radius 3 is 1.19 bits per heavy atom. The van der Waals surface area contributed by atoms with Gasteiger partial charge in [-0.25, -0.2) is 17.6 Å². The lowest BCUT2D eigenvalue weighted by molar-refractivity contribution is -0.370. The number of hydrogen-bond acceptors (Lipinski definition) is 3. The molecule has 1 fully saturated rings. The molecule has 1 rings (SSSR count). The van der Waals surface area contributed by atoms with E-state index in [4.69, 9.17) is 0 Å². The van der Waals surface area contributed by atoms with Gasteiger partial charge in [0.05, 0.1) is 0 Å². The highest BCUT2D eigenvalue weighted by Gasteiger charge is 2.99. The number of hydrogen-bond donors (Lipinski definition) is 0. The minimum absolute atomic E-state index is 2.32. The molecule has 0 radical (unpaired) electrons. The maximum atomic E-state index is 14.1. The molecule has 31 heavy (non-hydrogen) atoms. The molecular formula is C9Cl4F14O3S. The van der Waals surface area contributed by atoms with Gasteiger partial charge >= 0.3 is 59.8 Å². The maximum Gasteiger partial charge on any atom is 0.426 e. The van der Waals surface area contributed by atoms with Gasteiger partial charge < -0.3 is 0 Å². The molecule has 4 unspecified atom stereocenters. The summed E-state index contributed by atoms with van der Waals surface area (Å²) in [6, 6.07) is 0. The number of rotatable bonds is 7. The van der Waals surface area contributed by atoms with E-state index in [1.54, 1.807) is 0 Å². The third-order valence-electron chi connectivity index (χ3n) is 3.66. The minimum Gasteiger partial charge on any atom is -0.212 e. The van der Waals surface area contributed by atoms with Crippen molar-refractivity contribution in [3.63, 3.8) is 0 Å². The first-order chi connectivity index (χ1) is 13.0. The van der Waals surface area contributed by atoms with Crippen molar-refractivity contribution in [1.29, 1.82) is 0 Å². The van der Waals surface area contributed by atoms with Crippen LogP contribution >= 0.6 is 46.4 Å². The van der Waals surface area contributed by atoms with E-state index in [0.717, 1.165) is 0 Å². The lowest BCUT2D eigenvalue weighted by Crippen LogP contribution is -2.80. The van der Waals surface area contributed by atoms with Crippen LogP contribution in [0.15, 0.2) is 0 Å². The van der Waals surface area contributed by atoms with Crippen LogP contribution < -0.4 is 0 Å². The van der Waals surface area contributed by atoms with E-state index in [1.165, 1.54) is 0 Å². The molecule has 0 amide bonds. The van der Waals surface area contributed by atoms with Crippen LogP contribution in [0.1, 0.15) is 0 Å². The monoisotopic (exact) mass is 594 g/mol. The van der Waals surface area contributed by atoms with Crippen molar-refractivity contribution in [3.8, 4) is 0 Å². The highest BCUT2D eigenvalue weighted by atomic mass is 35.5. The average Bonchev–Trinajstić information content (AvgIpc) is 2.50. The minimum atomic E-state index is -7.80. The average molecular weight is 596 g/mol. The van der Waals surface area contributed by atoms with Crippen LogP contribution in [0.25, 0.3) is 0 Å². The van der Waals surface area contributed by atoms with Gasteiger partial charge in [-0.15, -0.1) is 0 Å². The van der Waals surface area contributed by atoms with Gasteiger partial charge in [0.1, 0.15) is 0 Å². The first-order valence-corrected chi connectivity index (χ1v) is 9.23. The molecule has 22 heteroatoms. The van der Waals surface area contributed by atoms with Crippen molar-refractivity contribution in [3.05, 3.63) is 0 Å². The fourth-order valence-corrected chi connectivity index (χ4v) is 3.97. The predicted molar refractivity (Wildman–Crippen MR) is 73.5 cm³/mol. The van der Waals surface area contributed by atoms with Gasteiger partial charge in [-0.3, -0.25) is 0 Å². The highest BCUT2D eigenvalue weighted by molar-refractivity contribution is 7.89. The summed E-state index contributed by atoms with van der Waals surface area (Å²) in [4.78, 5) is 0. The van der Waals surface area contributed by atoms with Crippen molar-refractivity contribution >= 4 is 56.5 Å². The first kappa shape index (κ1) is 29.1. The summed E-state index contributed by atoms with van der Waals surface area (Å²) in [5.41, 5.74) is 0. The number of halogens is 18. The normalized spacial score (nSPS) is 30.5. The van der Waals surface area contributed by atoms with E-state index < -0.39 is 59.8 Å². The highest BCUT2D eigenvalue weighted by Crippen LogP contribution is 2.69. The Balaban J connectivity index is 3.79. The van der Waals surface area contributed by atoms with Crippen molar-refractivity contribution in [1.82, 2.24) is 0 Å². The SMILES string of the molecule is O=S1(=O)OC(F)(F)C1(F)C(F)(F)C(F)(Cl)C(F)(F)C(F)(Cl)C(F)(F)C(F)(Cl)C(F)(F)Cl. The second kappa shape index (κ2) is 6.82. The van der Waals surface area contributed by atoms with Crippen LogP contribution in [0.2, 0.25) is 0 Å². The number of alkyl halides is 18. The van der Waals surface area contributed by atoms with Crippen molar-refractivity contribution in [2.75, 3.05) is 0 Å². The van der Waals surface area contributed by atoms with Crippen LogP contribution in [0.4, 0.5) is 61.5 Å². The summed E-state index contributed by atoms with van der Waals surface area (Å²) in [7, 11) is -7.08. The zero-order chi connectivity index (χ0) is 25.7. The van der Waals surface area contributed by atoms with Crippen LogP contribution in [0.5, 0.6) is 0 Å². The topological polar surface area (TPSA) is 43.4 Å². The molecule has 3 nitrogen and oxygen atoms in total. The molecule has 1 aliphatic rings. The van der Waals surface area contributed by atoms with Crippen LogP contribution in [-0.4, -0.2) is 58.1 Å². The first-order valence-electron chi connectivity index (χ1n) is 6.31. The Labute approximate surface area is 180 Å². The molecule has 0 aliphatic carbocycles. The molecule has 0 aromatic heterocycles. The van der Waals surface area contributed by atoms with Crippen molar-refractivity contribution < 1.29 is 74.1 Å². The van der Waals surface area contributed by atoms with E-state index in [1.807, 2.05) is 0 Å². The Morgan fingerprint density at radius 1 is 0.613 bits per heavy atom. The molecule has 1 heterocycles. The smallest absolute Gasteiger partial charge is 0.212 e. The third kappa shape index (κ3) is 3.13. The van der Waals surface area contributed by atoms with E-state index in [-0.39, 0.29) is 0 Å². The molecule has 1 aliphatic heterocycles. The van der Waals surface area contributed by atoms with Crippen LogP contribution in [0, 0.1) is 0 Å². The molecule has 4 atom stereocenters. The fraction of sp³-hybridized carbons (Fsp3) is 1.00. The van der Waals surface area contributed by atoms with E-state index in [0.29, 0.717) is 0 Å². The fourth-order valence-electron chi connectivity index (χ4n) is 1.87. The quantitative estimate of drug-likeness (QED) is 0.204. The molecule has 0 spiro atoms. The van der Waals surface area contributed by atoms with Crippen LogP contribution in [-0.2, 0) is 14.3 Å². The molecule has 1 saturated heterocycles. The van der Waals surface area contributed by atoms with E-state index in [2.05, 4.69) is 50.6 Å². The van der Waals surface area contributed by atoms with Crippen molar-refractivity contribution in [2.45, 2.75) is 49.6 Å². The zero-order valence-corrected chi connectivity index (χ0v) is 16.8. The second-order valence-electron chi connectivity index (χ2n) is 5.59. The van der Waals surface area contributed by atoms with Gasteiger partial charge in [-0.05, 0) is 11.6 Å². The summed E-state index contributed by atoms with van der Waals surface area (Å²) in [5.74, 6) is -22.9. The van der Waals surface area contributed by atoms with Gasteiger partial charge in [-0.1, -0.05) is 34.8 Å². The van der Waals surface area contributed by atoms with Gasteiger partial charge in [-0.2, -0.15) is 56.5 Å². The lowest BCUT2D eigenvalue weighted by Gasteiger charge is -2.49. The summed E-state index contributed by atoms with van der Waals surface area (Å²) in [6.07, 6.45) is -6.41. The predicted octanol–water partition coefficient (Wildman–Crippen LogP) is 6.06. The Morgan fingerprint density at radius 2 is 0.935 bits per heavy atom. The summed E-state index contributed by atoms with van der Waals surface area (Å²) in [6.45, 7) is 0. The molecule has 0 aromatic carbocycles. The van der Waals surface area contributed by atoms with Gasteiger partial charge in [0.15, 0.2) is 0 Å². The van der Waals surface area contributed by atoms with Crippen LogP contribution in [0.3, 0.4) is 0 Å². The van der Waals surface area contributed by atoms with E-state index >= 15 is 0 Å². The Bertz CT molecular complexity index is 854. The second-order valence-corrected chi connectivity index (χ2v) is 9.27. The Hall–Kier alpha value is 0.0900. The van der Waals surface area contributed by atoms with Gasteiger partial charge in [0.25, 0.3) is 0 Å².